The topological polar surface area (TPSA) is 83.5 Å². The maximum atomic E-state index is 12.5. The fourth-order valence-electron chi connectivity index (χ4n) is 4.74. The van der Waals surface area contributed by atoms with Gasteiger partial charge in [0.1, 0.15) is 18.3 Å². The second-order valence-corrected chi connectivity index (χ2v) is 9.84. The van der Waals surface area contributed by atoms with Crippen LogP contribution in [0.3, 0.4) is 0 Å². The summed E-state index contributed by atoms with van der Waals surface area (Å²) in [6, 6.07) is 38.7. The second kappa shape index (κ2) is 14.7. The number of aliphatic carboxylic acids is 1. The number of carboxylic acid groups (broad SMARTS) is 1. The SMILES string of the molecule is O=C(O)[C@H]1OC(OCc2ccccc2)[C@H](OCc2ccccc2)[C@@H](OCc2ccccc2)[C@H]1OCc1ccccc1. The molecule has 0 saturated carbocycles. The minimum Gasteiger partial charge on any atom is -0.479 e. The summed E-state index contributed by atoms with van der Waals surface area (Å²) in [7, 11) is 0. The molecule has 1 N–H and O–H groups in total. The van der Waals surface area contributed by atoms with Gasteiger partial charge in [-0.3, -0.25) is 0 Å². The Kier molecular flexibility index (Phi) is 10.3. The Morgan fingerprint density at radius 1 is 0.512 bits per heavy atom. The van der Waals surface area contributed by atoms with E-state index in [1.54, 1.807) is 0 Å². The maximum absolute atomic E-state index is 12.5. The molecule has 0 aromatic heterocycles. The third-order valence-corrected chi connectivity index (χ3v) is 6.85. The van der Waals surface area contributed by atoms with Crippen LogP contribution in [0, 0.1) is 0 Å². The fraction of sp³-hybridized carbons (Fsp3) is 0.265. The van der Waals surface area contributed by atoms with E-state index in [1.165, 1.54) is 0 Å². The van der Waals surface area contributed by atoms with Crippen LogP contribution in [0.5, 0.6) is 0 Å². The van der Waals surface area contributed by atoms with Gasteiger partial charge in [-0.15, -0.1) is 0 Å². The molecule has 7 heteroatoms. The quantitative estimate of drug-likeness (QED) is 0.225. The molecule has 1 aliphatic rings. The average Bonchev–Trinajstić information content (AvgIpc) is 3.03. The van der Waals surface area contributed by atoms with Gasteiger partial charge in [-0.1, -0.05) is 121 Å². The summed E-state index contributed by atoms with van der Waals surface area (Å²) in [5.74, 6) is -1.16. The minimum absolute atomic E-state index is 0.185. The monoisotopic (exact) mass is 554 g/mol. The highest BCUT2D eigenvalue weighted by Crippen LogP contribution is 2.32. The summed E-state index contributed by atoms with van der Waals surface area (Å²) in [5, 5.41) is 10.2. The van der Waals surface area contributed by atoms with E-state index in [-0.39, 0.29) is 26.4 Å². The van der Waals surface area contributed by atoms with Crippen LogP contribution in [-0.2, 0) is 54.9 Å². The van der Waals surface area contributed by atoms with Gasteiger partial charge in [0.25, 0.3) is 0 Å². The van der Waals surface area contributed by atoms with Crippen molar-refractivity contribution in [3.63, 3.8) is 0 Å². The van der Waals surface area contributed by atoms with Gasteiger partial charge in [0.2, 0.25) is 0 Å². The van der Waals surface area contributed by atoms with Gasteiger partial charge >= 0.3 is 5.97 Å². The number of hydrogen-bond donors (Lipinski definition) is 1. The predicted octanol–water partition coefficient (Wildman–Crippen LogP) is 5.77. The number of ether oxygens (including phenoxy) is 5. The van der Waals surface area contributed by atoms with Crippen LogP contribution in [0.1, 0.15) is 22.3 Å². The molecule has 0 spiro atoms. The maximum Gasteiger partial charge on any atom is 0.335 e. The van der Waals surface area contributed by atoms with E-state index in [9.17, 15) is 9.90 Å². The highest BCUT2D eigenvalue weighted by Gasteiger charge is 2.51. The summed E-state index contributed by atoms with van der Waals surface area (Å²) in [6.45, 7) is 0.892. The van der Waals surface area contributed by atoms with Gasteiger partial charge in [0.15, 0.2) is 12.4 Å². The Morgan fingerprint density at radius 2 is 0.854 bits per heavy atom. The molecule has 5 rings (SSSR count). The standard InChI is InChI=1S/C34H34O7/c35-33(36)31-29(37-21-25-13-5-1-6-14-25)30(38-22-26-15-7-2-8-16-26)32(39-23-27-17-9-3-10-18-27)34(41-31)40-24-28-19-11-4-12-20-28/h1-20,29-32,34H,21-24H2,(H,35,36)/t29-,30+,31+,32-,34?/m1/s1. The molecule has 0 radical (unpaired) electrons. The Morgan fingerprint density at radius 3 is 1.24 bits per heavy atom. The van der Waals surface area contributed by atoms with Gasteiger partial charge in [-0.25, -0.2) is 4.79 Å². The average molecular weight is 555 g/mol. The van der Waals surface area contributed by atoms with Crippen molar-refractivity contribution in [2.75, 3.05) is 0 Å². The first kappa shape index (κ1) is 28.7. The van der Waals surface area contributed by atoms with Crippen LogP contribution in [-0.4, -0.2) is 41.8 Å². The first-order valence-corrected chi connectivity index (χ1v) is 13.7. The molecule has 0 amide bonds. The van der Waals surface area contributed by atoms with Crippen LogP contribution in [0.15, 0.2) is 121 Å². The van der Waals surface area contributed by atoms with Crippen molar-refractivity contribution in [2.45, 2.75) is 57.1 Å². The van der Waals surface area contributed by atoms with E-state index in [2.05, 4.69) is 0 Å². The van der Waals surface area contributed by atoms with Gasteiger partial charge < -0.3 is 28.8 Å². The summed E-state index contributed by atoms with van der Waals surface area (Å²) < 4.78 is 31.5. The Balaban J connectivity index is 1.44. The largest absolute Gasteiger partial charge is 0.479 e. The molecule has 1 heterocycles. The molecule has 7 nitrogen and oxygen atoms in total. The number of hydrogen-bond acceptors (Lipinski definition) is 6. The summed E-state index contributed by atoms with van der Waals surface area (Å²) in [5.41, 5.74) is 3.73. The third kappa shape index (κ3) is 8.10. The summed E-state index contributed by atoms with van der Waals surface area (Å²) in [4.78, 5) is 12.5. The van der Waals surface area contributed by atoms with Gasteiger partial charge in [-0.2, -0.15) is 0 Å². The first-order chi connectivity index (χ1) is 20.2. The van der Waals surface area contributed by atoms with Crippen LogP contribution in [0.4, 0.5) is 0 Å². The molecular weight excluding hydrogens is 520 g/mol. The van der Waals surface area contributed by atoms with Gasteiger partial charge in [0, 0.05) is 0 Å². The zero-order chi connectivity index (χ0) is 28.3. The van der Waals surface area contributed by atoms with Crippen molar-refractivity contribution in [1.82, 2.24) is 0 Å². The van der Waals surface area contributed by atoms with Crippen molar-refractivity contribution in [1.29, 1.82) is 0 Å². The number of benzene rings is 4. The van der Waals surface area contributed by atoms with E-state index >= 15 is 0 Å². The lowest BCUT2D eigenvalue weighted by Gasteiger charge is -2.44. The zero-order valence-corrected chi connectivity index (χ0v) is 22.7. The van der Waals surface area contributed by atoms with E-state index in [0.717, 1.165) is 22.3 Å². The van der Waals surface area contributed by atoms with E-state index in [0.29, 0.717) is 0 Å². The number of rotatable bonds is 13. The molecule has 212 valence electrons. The molecule has 4 aromatic rings. The van der Waals surface area contributed by atoms with Crippen molar-refractivity contribution in [2.24, 2.45) is 0 Å². The molecular formula is C34H34O7. The molecule has 5 atom stereocenters. The first-order valence-electron chi connectivity index (χ1n) is 13.7. The smallest absolute Gasteiger partial charge is 0.335 e. The molecule has 41 heavy (non-hydrogen) atoms. The van der Waals surface area contributed by atoms with Gasteiger partial charge in [0.05, 0.1) is 26.4 Å². The van der Waals surface area contributed by atoms with Crippen molar-refractivity contribution < 1.29 is 33.6 Å². The molecule has 1 unspecified atom stereocenters. The van der Waals surface area contributed by atoms with Gasteiger partial charge in [-0.05, 0) is 22.3 Å². The van der Waals surface area contributed by atoms with E-state index in [4.69, 9.17) is 23.7 Å². The zero-order valence-electron chi connectivity index (χ0n) is 22.7. The van der Waals surface area contributed by atoms with E-state index in [1.807, 2.05) is 121 Å². The highest BCUT2D eigenvalue weighted by molar-refractivity contribution is 5.73. The molecule has 0 aliphatic carbocycles. The normalized spacial score (nSPS) is 22.3. The third-order valence-electron chi connectivity index (χ3n) is 6.85. The van der Waals surface area contributed by atoms with Crippen LogP contribution in [0.25, 0.3) is 0 Å². The van der Waals surface area contributed by atoms with Crippen LogP contribution >= 0.6 is 0 Å². The van der Waals surface area contributed by atoms with Crippen molar-refractivity contribution in [3.05, 3.63) is 144 Å². The Hall–Kier alpha value is -3.85. The van der Waals surface area contributed by atoms with Crippen LogP contribution in [0.2, 0.25) is 0 Å². The molecule has 1 saturated heterocycles. The molecule has 1 fully saturated rings. The molecule has 0 bridgehead atoms. The van der Waals surface area contributed by atoms with E-state index < -0.39 is 36.7 Å². The molecule has 4 aromatic carbocycles. The highest BCUT2D eigenvalue weighted by atomic mass is 16.7. The number of carboxylic acids is 1. The summed E-state index contributed by atoms with van der Waals surface area (Å²) >= 11 is 0. The minimum atomic E-state index is -1.34. The molecule has 1 aliphatic heterocycles. The number of carbonyl (C=O) groups is 1. The van der Waals surface area contributed by atoms with Crippen LogP contribution < -0.4 is 0 Å². The second-order valence-electron chi connectivity index (χ2n) is 9.84. The predicted molar refractivity (Wildman–Crippen MR) is 153 cm³/mol. The lowest BCUT2D eigenvalue weighted by atomic mass is 9.97. The van der Waals surface area contributed by atoms with Crippen molar-refractivity contribution in [3.8, 4) is 0 Å². The summed E-state index contributed by atoms with van der Waals surface area (Å²) in [6.07, 6.45) is -4.90. The van der Waals surface area contributed by atoms with Crippen molar-refractivity contribution >= 4 is 5.97 Å². The lowest BCUT2D eigenvalue weighted by molar-refractivity contribution is -0.322. The fourth-order valence-corrected chi connectivity index (χ4v) is 4.74. The Bertz CT molecular complexity index is 1320. The Labute approximate surface area is 240 Å². The lowest BCUT2D eigenvalue weighted by Crippen LogP contribution is -2.62.